The zero-order valence-electron chi connectivity index (χ0n) is 7.60. The molecule has 0 saturated heterocycles. The smallest absolute Gasteiger partial charge is 0.0727 e. The Balaban J connectivity index is 2.31. The maximum atomic E-state index is 5.62. The summed E-state index contributed by atoms with van der Waals surface area (Å²) in [5.74, 6) is 0. The fraction of sp³-hybridized carbons (Fsp3) is 1.00. The molecular weight excluding hydrogens is 138 g/mol. The van der Waals surface area contributed by atoms with Gasteiger partial charge in [0.05, 0.1) is 6.10 Å². The summed E-state index contributed by atoms with van der Waals surface area (Å²) >= 11 is 0. The van der Waals surface area contributed by atoms with Gasteiger partial charge < -0.3 is 10.1 Å². The monoisotopic (exact) mass is 157 g/mol. The summed E-state index contributed by atoms with van der Waals surface area (Å²) < 4.78 is 5.62. The molecule has 1 aliphatic rings. The molecule has 0 aromatic rings. The first-order chi connectivity index (χ1) is 5.38. The zero-order chi connectivity index (χ0) is 8.10. The van der Waals surface area contributed by atoms with Gasteiger partial charge in [-0.15, -0.1) is 0 Å². The number of hydrogen-bond donors (Lipinski definition) is 1. The highest BCUT2D eigenvalue weighted by molar-refractivity contribution is 4.80. The molecule has 1 rings (SSSR count). The van der Waals surface area contributed by atoms with Crippen molar-refractivity contribution in [3.8, 4) is 0 Å². The van der Waals surface area contributed by atoms with Crippen LogP contribution in [0.25, 0.3) is 0 Å². The zero-order valence-corrected chi connectivity index (χ0v) is 7.60. The molecule has 1 fully saturated rings. The van der Waals surface area contributed by atoms with Crippen LogP contribution in [-0.2, 0) is 4.74 Å². The van der Waals surface area contributed by atoms with E-state index in [9.17, 15) is 0 Å². The molecule has 1 aliphatic carbocycles. The van der Waals surface area contributed by atoms with Crippen molar-refractivity contribution >= 4 is 0 Å². The fourth-order valence-electron chi connectivity index (χ4n) is 1.84. The normalized spacial score (nSPS) is 32.2. The molecule has 11 heavy (non-hydrogen) atoms. The minimum atomic E-state index is 0.471. The first kappa shape index (κ1) is 9.01. The molecule has 1 N–H and O–H groups in total. The topological polar surface area (TPSA) is 21.3 Å². The first-order valence-corrected chi connectivity index (χ1v) is 4.67. The van der Waals surface area contributed by atoms with Gasteiger partial charge in [-0.05, 0) is 26.8 Å². The lowest BCUT2D eigenvalue weighted by molar-refractivity contribution is 0.0144. The highest BCUT2D eigenvalue weighted by atomic mass is 16.5. The molecule has 2 nitrogen and oxygen atoms in total. The molecule has 0 spiro atoms. The van der Waals surface area contributed by atoms with Crippen LogP contribution in [-0.4, -0.2) is 25.8 Å². The summed E-state index contributed by atoms with van der Waals surface area (Å²) in [7, 11) is 2.03. The van der Waals surface area contributed by atoms with Crippen LogP contribution in [0.5, 0.6) is 0 Å². The fourth-order valence-corrected chi connectivity index (χ4v) is 1.84. The van der Waals surface area contributed by atoms with Crippen LogP contribution in [0.15, 0.2) is 0 Å². The number of ether oxygens (including phenoxy) is 1. The molecule has 0 aliphatic heterocycles. The second kappa shape index (κ2) is 4.73. The van der Waals surface area contributed by atoms with Crippen LogP contribution in [0.3, 0.4) is 0 Å². The molecule has 0 radical (unpaired) electrons. The summed E-state index contributed by atoms with van der Waals surface area (Å²) in [4.78, 5) is 0. The Labute approximate surface area is 69.3 Å². The van der Waals surface area contributed by atoms with Crippen LogP contribution >= 0.6 is 0 Å². The van der Waals surface area contributed by atoms with Gasteiger partial charge in [-0.2, -0.15) is 0 Å². The van der Waals surface area contributed by atoms with Crippen molar-refractivity contribution < 1.29 is 4.74 Å². The van der Waals surface area contributed by atoms with E-state index in [0.29, 0.717) is 12.1 Å². The molecule has 0 amide bonds. The maximum Gasteiger partial charge on any atom is 0.0727 e. The van der Waals surface area contributed by atoms with Crippen molar-refractivity contribution in [3.05, 3.63) is 0 Å². The third kappa shape index (κ3) is 2.46. The number of likely N-dealkylation sites (N-methyl/N-ethyl adjacent to an activating group) is 1. The van der Waals surface area contributed by atoms with Crippen molar-refractivity contribution in [2.24, 2.45) is 0 Å². The Morgan fingerprint density at radius 2 is 2.09 bits per heavy atom. The van der Waals surface area contributed by atoms with E-state index in [4.69, 9.17) is 4.74 Å². The van der Waals surface area contributed by atoms with E-state index in [1.165, 1.54) is 25.7 Å². The Bertz CT molecular complexity index is 104. The van der Waals surface area contributed by atoms with Gasteiger partial charge in [-0.3, -0.25) is 0 Å². The Kier molecular flexibility index (Phi) is 3.87. The van der Waals surface area contributed by atoms with Gasteiger partial charge >= 0.3 is 0 Å². The third-order valence-electron chi connectivity index (χ3n) is 2.45. The van der Waals surface area contributed by atoms with E-state index in [1.807, 2.05) is 7.05 Å². The summed E-state index contributed by atoms with van der Waals surface area (Å²) in [5, 5.41) is 3.31. The molecule has 2 atom stereocenters. The molecule has 2 unspecified atom stereocenters. The van der Waals surface area contributed by atoms with Gasteiger partial charge in [0, 0.05) is 12.6 Å². The molecule has 0 aromatic carbocycles. The van der Waals surface area contributed by atoms with Crippen LogP contribution < -0.4 is 5.32 Å². The largest absolute Gasteiger partial charge is 0.377 e. The Hall–Kier alpha value is -0.0800. The van der Waals surface area contributed by atoms with E-state index in [1.54, 1.807) is 0 Å². The molecule has 0 aromatic heterocycles. The molecule has 66 valence electrons. The highest BCUT2D eigenvalue weighted by Gasteiger charge is 2.23. The lowest BCUT2D eigenvalue weighted by Gasteiger charge is -2.30. The second-order valence-corrected chi connectivity index (χ2v) is 3.17. The van der Waals surface area contributed by atoms with Gasteiger partial charge in [0.1, 0.15) is 0 Å². The number of hydrogen-bond acceptors (Lipinski definition) is 2. The molecule has 0 bridgehead atoms. The lowest BCUT2D eigenvalue weighted by Crippen LogP contribution is -2.41. The SMILES string of the molecule is CCOC1CCCCC1NC. The lowest BCUT2D eigenvalue weighted by atomic mass is 9.92. The maximum absolute atomic E-state index is 5.62. The van der Waals surface area contributed by atoms with E-state index >= 15 is 0 Å². The van der Waals surface area contributed by atoms with Crippen LogP contribution in [0.1, 0.15) is 32.6 Å². The summed E-state index contributed by atoms with van der Waals surface area (Å²) in [6, 6.07) is 0.601. The van der Waals surface area contributed by atoms with Crippen molar-refractivity contribution in [1.82, 2.24) is 5.32 Å². The quantitative estimate of drug-likeness (QED) is 0.671. The summed E-state index contributed by atoms with van der Waals surface area (Å²) in [6.45, 7) is 2.92. The molecule has 1 saturated carbocycles. The standard InChI is InChI=1S/C9H19NO/c1-3-11-9-7-5-4-6-8(9)10-2/h8-10H,3-7H2,1-2H3. The molecular formula is C9H19NO. The van der Waals surface area contributed by atoms with Crippen molar-refractivity contribution in [2.75, 3.05) is 13.7 Å². The van der Waals surface area contributed by atoms with Gasteiger partial charge in [-0.25, -0.2) is 0 Å². The number of rotatable bonds is 3. The van der Waals surface area contributed by atoms with Crippen LogP contribution in [0.2, 0.25) is 0 Å². The van der Waals surface area contributed by atoms with E-state index < -0.39 is 0 Å². The third-order valence-corrected chi connectivity index (χ3v) is 2.45. The van der Waals surface area contributed by atoms with Gasteiger partial charge in [-0.1, -0.05) is 12.8 Å². The predicted octanol–water partition coefficient (Wildman–Crippen LogP) is 1.55. The van der Waals surface area contributed by atoms with E-state index in [0.717, 1.165) is 6.61 Å². The van der Waals surface area contributed by atoms with Crippen LogP contribution in [0, 0.1) is 0 Å². The Morgan fingerprint density at radius 3 is 2.73 bits per heavy atom. The summed E-state index contributed by atoms with van der Waals surface area (Å²) in [5.41, 5.74) is 0. The average molecular weight is 157 g/mol. The van der Waals surface area contributed by atoms with Crippen molar-refractivity contribution in [3.63, 3.8) is 0 Å². The van der Waals surface area contributed by atoms with Gasteiger partial charge in [0.25, 0.3) is 0 Å². The van der Waals surface area contributed by atoms with Gasteiger partial charge in [0.15, 0.2) is 0 Å². The average Bonchev–Trinajstić information content (AvgIpc) is 2.06. The van der Waals surface area contributed by atoms with Gasteiger partial charge in [0.2, 0.25) is 0 Å². The highest BCUT2D eigenvalue weighted by Crippen LogP contribution is 2.20. The summed E-state index contributed by atoms with van der Waals surface area (Å²) in [6.07, 6.45) is 5.68. The first-order valence-electron chi connectivity index (χ1n) is 4.67. The van der Waals surface area contributed by atoms with Crippen LogP contribution in [0.4, 0.5) is 0 Å². The molecule has 0 heterocycles. The minimum absolute atomic E-state index is 0.471. The Morgan fingerprint density at radius 1 is 1.36 bits per heavy atom. The minimum Gasteiger partial charge on any atom is -0.377 e. The number of nitrogens with one attached hydrogen (secondary N) is 1. The van der Waals surface area contributed by atoms with Crippen molar-refractivity contribution in [1.29, 1.82) is 0 Å². The van der Waals surface area contributed by atoms with E-state index in [-0.39, 0.29) is 0 Å². The second-order valence-electron chi connectivity index (χ2n) is 3.17. The van der Waals surface area contributed by atoms with E-state index in [2.05, 4.69) is 12.2 Å². The predicted molar refractivity (Wildman–Crippen MR) is 46.7 cm³/mol. The molecule has 2 heteroatoms. The van der Waals surface area contributed by atoms with Crippen molar-refractivity contribution in [2.45, 2.75) is 44.8 Å².